The van der Waals surface area contributed by atoms with Gasteiger partial charge in [0.1, 0.15) is 11.4 Å². The average molecular weight is 319 g/mol. The summed E-state index contributed by atoms with van der Waals surface area (Å²) in [5.41, 5.74) is -1.88. The molecule has 120 valence electrons. The normalized spacial score (nSPS) is 15.6. The lowest BCUT2D eigenvalue weighted by Crippen LogP contribution is -2.21. The summed E-state index contributed by atoms with van der Waals surface area (Å²) in [7, 11) is 1.49. The van der Waals surface area contributed by atoms with Crippen molar-refractivity contribution in [2.24, 2.45) is 5.92 Å². The van der Waals surface area contributed by atoms with Crippen LogP contribution in [0.15, 0.2) is 23.9 Å². The lowest BCUT2D eigenvalue weighted by molar-refractivity contribution is -0.0584. The van der Waals surface area contributed by atoms with Crippen molar-refractivity contribution in [3.8, 4) is 0 Å². The molecule has 1 aromatic rings. The topological polar surface area (TPSA) is 47.9 Å². The third-order valence-electron chi connectivity index (χ3n) is 3.22. The van der Waals surface area contributed by atoms with E-state index in [2.05, 4.69) is 10.6 Å². The van der Waals surface area contributed by atoms with Gasteiger partial charge in [-0.15, -0.1) is 0 Å². The Labute approximate surface area is 123 Å². The molecule has 1 fully saturated rings. The van der Waals surface area contributed by atoms with E-state index in [1.807, 2.05) is 0 Å². The van der Waals surface area contributed by atoms with Crippen molar-refractivity contribution in [1.29, 1.82) is 5.41 Å². The number of rotatable bonds is 5. The molecule has 1 aromatic carbocycles. The van der Waals surface area contributed by atoms with Gasteiger partial charge in [-0.2, -0.15) is 13.2 Å². The van der Waals surface area contributed by atoms with E-state index in [0.29, 0.717) is 18.9 Å². The highest BCUT2D eigenvalue weighted by Gasteiger charge is 2.35. The van der Waals surface area contributed by atoms with Crippen molar-refractivity contribution in [2.45, 2.75) is 19.0 Å². The van der Waals surface area contributed by atoms with Crippen LogP contribution >= 0.6 is 0 Å². The average Bonchev–Trinajstić information content (AvgIpc) is 3.24. The molecule has 22 heavy (non-hydrogen) atoms. The van der Waals surface area contributed by atoms with Crippen molar-refractivity contribution >= 4 is 17.1 Å². The third-order valence-corrected chi connectivity index (χ3v) is 3.22. The lowest BCUT2D eigenvalue weighted by atomic mass is 10.2. The summed E-state index contributed by atoms with van der Waals surface area (Å²) in [6.45, 7) is 0. The zero-order valence-electron chi connectivity index (χ0n) is 11.6. The second-order valence-corrected chi connectivity index (χ2v) is 4.98. The SMILES string of the molecule is CNc1cc(F)c(N/C(=C\C(=N)C(F)(F)F)C2CC2)c(F)c1. The fraction of sp³-hybridized carbons (Fsp3) is 0.357. The van der Waals surface area contributed by atoms with Crippen LogP contribution in [0.1, 0.15) is 12.8 Å². The molecule has 2 rings (SSSR count). The maximum Gasteiger partial charge on any atom is 0.432 e. The number of alkyl halides is 3. The first-order chi connectivity index (χ1) is 10.2. The molecule has 3 N–H and O–H groups in total. The van der Waals surface area contributed by atoms with Gasteiger partial charge < -0.3 is 10.6 Å². The molecule has 0 amide bonds. The van der Waals surface area contributed by atoms with Crippen LogP contribution in [0.4, 0.5) is 33.3 Å². The summed E-state index contributed by atoms with van der Waals surface area (Å²) in [5.74, 6) is -2.09. The molecule has 1 aliphatic rings. The van der Waals surface area contributed by atoms with Crippen LogP contribution < -0.4 is 10.6 Å². The van der Waals surface area contributed by atoms with Gasteiger partial charge in [-0.05, 0) is 37.0 Å². The maximum absolute atomic E-state index is 13.9. The Bertz CT molecular complexity index is 594. The summed E-state index contributed by atoms with van der Waals surface area (Å²) in [6, 6.07) is 2.07. The number of hydrogen-bond acceptors (Lipinski definition) is 3. The summed E-state index contributed by atoms with van der Waals surface area (Å²) in [5, 5.41) is 11.9. The second-order valence-electron chi connectivity index (χ2n) is 4.98. The van der Waals surface area contributed by atoms with Crippen LogP contribution in [0.2, 0.25) is 0 Å². The lowest BCUT2D eigenvalue weighted by Gasteiger charge is -2.14. The van der Waals surface area contributed by atoms with Crippen LogP contribution in [-0.2, 0) is 0 Å². The second kappa shape index (κ2) is 5.94. The van der Waals surface area contributed by atoms with E-state index in [4.69, 9.17) is 5.41 Å². The highest BCUT2D eigenvalue weighted by atomic mass is 19.4. The Morgan fingerprint density at radius 3 is 2.18 bits per heavy atom. The molecule has 1 aliphatic carbocycles. The molecule has 0 heterocycles. The van der Waals surface area contributed by atoms with Crippen LogP contribution in [0.5, 0.6) is 0 Å². The van der Waals surface area contributed by atoms with E-state index in [9.17, 15) is 22.0 Å². The molecule has 1 saturated carbocycles. The van der Waals surface area contributed by atoms with Gasteiger partial charge in [-0.1, -0.05) is 0 Å². The first kappa shape index (κ1) is 16.3. The largest absolute Gasteiger partial charge is 0.432 e. The van der Waals surface area contributed by atoms with Gasteiger partial charge in [0, 0.05) is 18.4 Å². The minimum absolute atomic E-state index is 0.00247. The van der Waals surface area contributed by atoms with Gasteiger partial charge in [-0.25, -0.2) is 8.78 Å². The van der Waals surface area contributed by atoms with Gasteiger partial charge >= 0.3 is 6.18 Å². The number of halogens is 5. The highest BCUT2D eigenvalue weighted by molar-refractivity contribution is 5.97. The van der Waals surface area contributed by atoms with Crippen LogP contribution in [-0.4, -0.2) is 18.9 Å². The Balaban J connectivity index is 2.30. The summed E-state index contributed by atoms with van der Waals surface area (Å²) < 4.78 is 65.0. The van der Waals surface area contributed by atoms with E-state index in [0.717, 1.165) is 12.1 Å². The van der Waals surface area contributed by atoms with E-state index in [-0.39, 0.29) is 17.3 Å². The van der Waals surface area contributed by atoms with Crippen LogP contribution in [0.25, 0.3) is 0 Å². The molecule has 0 unspecified atom stereocenters. The number of allylic oxidation sites excluding steroid dienone is 2. The summed E-state index contributed by atoms with van der Waals surface area (Å²) in [4.78, 5) is 0. The molecule has 0 spiro atoms. The van der Waals surface area contributed by atoms with Gasteiger partial charge in [0.2, 0.25) is 0 Å². The molecule has 0 aromatic heterocycles. The number of nitrogens with one attached hydrogen (secondary N) is 3. The minimum Gasteiger partial charge on any atom is -0.388 e. The molecule has 0 atom stereocenters. The van der Waals surface area contributed by atoms with Gasteiger partial charge in [0.25, 0.3) is 0 Å². The van der Waals surface area contributed by atoms with Gasteiger partial charge in [0.15, 0.2) is 11.6 Å². The standard InChI is InChI=1S/C14H14F5N3/c1-21-8-4-9(15)13(10(16)5-8)22-11(7-2-3-7)6-12(20)14(17,18)19/h4-7,20-22H,2-3H2,1H3/b11-6-,20-12?. The van der Waals surface area contributed by atoms with Crippen LogP contribution in [0.3, 0.4) is 0 Å². The Kier molecular flexibility index (Phi) is 4.39. The Morgan fingerprint density at radius 2 is 1.77 bits per heavy atom. The zero-order valence-corrected chi connectivity index (χ0v) is 11.6. The number of benzene rings is 1. The van der Waals surface area contributed by atoms with Crippen LogP contribution in [0, 0.1) is 23.0 Å². The molecular formula is C14H14F5N3. The fourth-order valence-corrected chi connectivity index (χ4v) is 1.87. The molecule has 0 bridgehead atoms. The fourth-order valence-electron chi connectivity index (χ4n) is 1.87. The van der Waals surface area contributed by atoms with Gasteiger partial charge in [0.05, 0.1) is 0 Å². The van der Waals surface area contributed by atoms with Crippen molar-refractivity contribution < 1.29 is 22.0 Å². The number of hydrogen-bond donors (Lipinski definition) is 3. The van der Waals surface area contributed by atoms with E-state index in [1.165, 1.54) is 7.05 Å². The summed E-state index contributed by atoms with van der Waals surface area (Å²) >= 11 is 0. The minimum atomic E-state index is -4.80. The smallest absolute Gasteiger partial charge is 0.388 e. The first-order valence-electron chi connectivity index (χ1n) is 6.53. The predicted octanol–water partition coefficient (Wildman–Crippen LogP) is 4.29. The molecule has 0 radical (unpaired) electrons. The Hall–Kier alpha value is -2.12. The van der Waals surface area contributed by atoms with Crippen molar-refractivity contribution in [1.82, 2.24) is 0 Å². The molecular weight excluding hydrogens is 305 g/mol. The summed E-state index contributed by atoms with van der Waals surface area (Å²) in [6.07, 6.45) is -2.99. The van der Waals surface area contributed by atoms with E-state index >= 15 is 0 Å². The third kappa shape index (κ3) is 3.75. The highest BCUT2D eigenvalue weighted by Crippen LogP contribution is 2.38. The maximum atomic E-state index is 13.9. The predicted molar refractivity (Wildman–Crippen MR) is 74.1 cm³/mol. The quantitative estimate of drug-likeness (QED) is 0.560. The first-order valence-corrected chi connectivity index (χ1v) is 6.53. The van der Waals surface area contributed by atoms with E-state index in [1.54, 1.807) is 0 Å². The van der Waals surface area contributed by atoms with E-state index < -0.39 is 29.2 Å². The molecule has 3 nitrogen and oxygen atoms in total. The van der Waals surface area contributed by atoms with Crippen molar-refractivity contribution in [3.05, 3.63) is 35.5 Å². The molecule has 0 aliphatic heterocycles. The van der Waals surface area contributed by atoms with Crippen molar-refractivity contribution in [2.75, 3.05) is 17.7 Å². The number of anilines is 2. The van der Waals surface area contributed by atoms with Crippen molar-refractivity contribution in [3.63, 3.8) is 0 Å². The van der Waals surface area contributed by atoms with Gasteiger partial charge in [-0.3, -0.25) is 5.41 Å². The monoisotopic (exact) mass is 319 g/mol. The zero-order chi connectivity index (χ0) is 16.5. The molecule has 8 heteroatoms. The molecule has 0 saturated heterocycles. The Morgan fingerprint density at radius 1 is 1.23 bits per heavy atom.